The SMILES string of the molecule is CCN(c1nc(Nc2ccc3ncsc3c2)[nH]c(=O)n1)c1cccc2ccccc12. The summed E-state index contributed by atoms with van der Waals surface area (Å²) in [5.74, 6) is 0.687. The minimum Gasteiger partial charge on any atom is -0.326 e. The van der Waals surface area contributed by atoms with Gasteiger partial charge in [0.15, 0.2) is 0 Å². The number of rotatable bonds is 5. The van der Waals surface area contributed by atoms with Gasteiger partial charge in [0, 0.05) is 17.6 Å². The van der Waals surface area contributed by atoms with Gasteiger partial charge in [0.05, 0.1) is 21.4 Å². The van der Waals surface area contributed by atoms with Gasteiger partial charge in [-0.15, -0.1) is 11.3 Å². The Balaban J connectivity index is 1.55. The molecule has 30 heavy (non-hydrogen) atoms. The molecule has 5 aromatic rings. The average molecular weight is 414 g/mol. The summed E-state index contributed by atoms with van der Waals surface area (Å²) in [6.45, 7) is 2.63. The first kappa shape index (κ1) is 18.3. The second-order valence-corrected chi connectivity index (χ2v) is 7.59. The lowest BCUT2D eigenvalue weighted by atomic mass is 10.1. The first-order valence-electron chi connectivity index (χ1n) is 9.55. The molecular formula is C22H18N6OS. The summed E-state index contributed by atoms with van der Waals surface area (Å²) < 4.78 is 1.06. The lowest BCUT2D eigenvalue weighted by molar-refractivity contribution is 0.904. The third-order valence-electron chi connectivity index (χ3n) is 4.85. The monoisotopic (exact) mass is 414 g/mol. The van der Waals surface area contributed by atoms with Crippen LogP contribution in [0.25, 0.3) is 21.0 Å². The molecule has 0 amide bonds. The molecule has 0 spiro atoms. The summed E-state index contributed by atoms with van der Waals surface area (Å²) in [5.41, 5.74) is 4.07. The van der Waals surface area contributed by atoms with Gasteiger partial charge in [-0.25, -0.2) is 9.78 Å². The zero-order valence-corrected chi connectivity index (χ0v) is 17.0. The van der Waals surface area contributed by atoms with Crippen LogP contribution in [0.2, 0.25) is 0 Å². The standard InChI is InChI=1S/C22H18N6OS/c1-2-28(18-9-5-7-14-6-3-4-8-16(14)18)21-25-20(26-22(29)27-21)24-15-10-11-17-19(12-15)30-13-23-17/h3-13H,2H2,1H3,(H2,24,25,26,27,29). The van der Waals surface area contributed by atoms with Crippen LogP contribution in [0.3, 0.4) is 0 Å². The fraction of sp³-hybridized carbons (Fsp3) is 0.0909. The van der Waals surface area contributed by atoms with Crippen molar-refractivity contribution in [1.82, 2.24) is 19.9 Å². The normalized spacial score (nSPS) is 11.1. The fourth-order valence-corrected chi connectivity index (χ4v) is 4.20. The second kappa shape index (κ2) is 7.57. The molecule has 0 atom stereocenters. The van der Waals surface area contributed by atoms with Crippen LogP contribution in [0.4, 0.5) is 23.3 Å². The van der Waals surface area contributed by atoms with Crippen LogP contribution >= 0.6 is 11.3 Å². The van der Waals surface area contributed by atoms with E-state index in [0.29, 0.717) is 18.4 Å². The zero-order valence-electron chi connectivity index (χ0n) is 16.2. The molecular weight excluding hydrogens is 396 g/mol. The number of nitrogens with one attached hydrogen (secondary N) is 2. The Morgan fingerprint density at radius 2 is 1.93 bits per heavy atom. The minimum atomic E-state index is -0.458. The minimum absolute atomic E-state index is 0.340. The Hall–Kier alpha value is -3.78. The maximum Gasteiger partial charge on any atom is 0.351 e. The van der Waals surface area contributed by atoms with Crippen molar-refractivity contribution < 1.29 is 0 Å². The van der Waals surface area contributed by atoms with Crippen LogP contribution < -0.4 is 15.9 Å². The number of hydrogen-bond acceptors (Lipinski definition) is 7. The van der Waals surface area contributed by atoms with Gasteiger partial charge in [-0.2, -0.15) is 9.97 Å². The summed E-state index contributed by atoms with van der Waals surface area (Å²) in [7, 11) is 0. The van der Waals surface area contributed by atoms with E-state index in [2.05, 4.69) is 43.5 Å². The van der Waals surface area contributed by atoms with E-state index in [0.717, 1.165) is 32.4 Å². The van der Waals surface area contributed by atoms with Gasteiger partial charge in [0.25, 0.3) is 0 Å². The van der Waals surface area contributed by atoms with Gasteiger partial charge in [0.2, 0.25) is 11.9 Å². The van der Waals surface area contributed by atoms with E-state index < -0.39 is 5.69 Å². The van der Waals surface area contributed by atoms with Gasteiger partial charge in [0.1, 0.15) is 0 Å². The summed E-state index contributed by atoms with van der Waals surface area (Å²) in [4.78, 5) is 29.9. The van der Waals surface area contributed by atoms with Crippen LogP contribution in [-0.4, -0.2) is 26.5 Å². The maximum atomic E-state index is 12.3. The molecule has 0 unspecified atom stereocenters. The van der Waals surface area contributed by atoms with E-state index in [1.54, 1.807) is 11.3 Å². The number of aromatic nitrogens is 4. The molecule has 3 aromatic carbocycles. The van der Waals surface area contributed by atoms with E-state index in [-0.39, 0.29) is 0 Å². The Morgan fingerprint density at radius 3 is 2.83 bits per heavy atom. The summed E-state index contributed by atoms with van der Waals surface area (Å²) in [5, 5.41) is 5.38. The number of anilines is 4. The Bertz CT molecular complexity index is 1400. The highest BCUT2D eigenvalue weighted by Crippen LogP contribution is 2.30. The van der Waals surface area contributed by atoms with Crippen LogP contribution in [0, 0.1) is 0 Å². The zero-order chi connectivity index (χ0) is 20.5. The van der Waals surface area contributed by atoms with Crippen LogP contribution in [0.1, 0.15) is 6.92 Å². The van der Waals surface area contributed by atoms with Crippen molar-refractivity contribution in [2.75, 3.05) is 16.8 Å². The Morgan fingerprint density at radius 1 is 1.07 bits per heavy atom. The van der Waals surface area contributed by atoms with Crippen molar-refractivity contribution in [3.8, 4) is 0 Å². The topological polar surface area (TPSA) is 86.8 Å². The smallest absolute Gasteiger partial charge is 0.326 e. The molecule has 2 heterocycles. The first-order valence-corrected chi connectivity index (χ1v) is 10.4. The summed E-state index contributed by atoms with van der Waals surface area (Å²) in [6, 6.07) is 20.0. The highest BCUT2D eigenvalue weighted by atomic mass is 32.1. The van der Waals surface area contributed by atoms with Crippen molar-refractivity contribution in [2.45, 2.75) is 6.92 Å². The highest BCUT2D eigenvalue weighted by molar-refractivity contribution is 7.16. The molecule has 0 saturated carbocycles. The third kappa shape index (κ3) is 3.37. The largest absolute Gasteiger partial charge is 0.351 e. The number of hydrogen-bond donors (Lipinski definition) is 2. The molecule has 0 aliphatic heterocycles. The molecule has 7 nitrogen and oxygen atoms in total. The predicted octanol–water partition coefficient (Wildman–Crippen LogP) is 4.83. The van der Waals surface area contributed by atoms with E-state index in [9.17, 15) is 4.79 Å². The number of thiazole rings is 1. The molecule has 2 aromatic heterocycles. The van der Waals surface area contributed by atoms with E-state index in [1.165, 1.54) is 0 Å². The molecule has 0 fully saturated rings. The van der Waals surface area contributed by atoms with Crippen molar-refractivity contribution in [2.24, 2.45) is 0 Å². The molecule has 8 heteroatoms. The molecule has 0 saturated heterocycles. The number of benzene rings is 3. The molecule has 5 rings (SSSR count). The highest BCUT2D eigenvalue weighted by Gasteiger charge is 2.15. The lowest BCUT2D eigenvalue weighted by Gasteiger charge is -2.22. The molecule has 148 valence electrons. The quantitative estimate of drug-likeness (QED) is 0.428. The van der Waals surface area contributed by atoms with Gasteiger partial charge in [-0.1, -0.05) is 36.4 Å². The molecule has 0 radical (unpaired) electrons. The molecule has 0 aliphatic rings. The van der Waals surface area contributed by atoms with E-state index in [1.807, 2.05) is 59.8 Å². The Labute approximate surface area is 176 Å². The van der Waals surface area contributed by atoms with Crippen LogP contribution in [0.15, 0.2) is 71.0 Å². The molecule has 2 N–H and O–H groups in total. The second-order valence-electron chi connectivity index (χ2n) is 6.70. The number of aromatic amines is 1. The van der Waals surface area contributed by atoms with Crippen molar-refractivity contribution >= 4 is 55.6 Å². The number of nitrogens with zero attached hydrogens (tertiary/aromatic N) is 4. The van der Waals surface area contributed by atoms with E-state index in [4.69, 9.17) is 0 Å². The van der Waals surface area contributed by atoms with Crippen molar-refractivity contribution in [3.63, 3.8) is 0 Å². The van der Waals surface area contributed by atoms with Gasteiger partial charge < -0.3 is 10.2 Å². The Kier molecular flexibility index (Phi) is 4.61. The number of fused-ring (bicyclic) bond motifs is 2. The van der Waals surface area contributed by atoms with Gasteiger partial charge >= 0.3 is 5.69 Å². The van der Waals surface area contributed by atoms with Crippen LogP contribution in [-0.2, 0) is 0 Å². The summed E-state index contributed by atoms with van der Waals surface area (Å²) in [6.07, 6.45) is 0. The predicted molar refractivity (Wildman–Crippen MR) is 122 cm³/mol. The van der Waals surface area contributed by atoms with Gasteiger partial charge in [-0.3, -0.25) is 4.98 Å². The van der Waals surface area contributed by atoms with E-state index >= 15 is 0 Å². The first-order chi connectivity index (χ1) is 14.7. The van der Waals surface area contributed by atoms with Crippen molar-refractivity contribution in [1.29, 1.82) is 0 Å². The fourth-order valence-electron chi connectivity index (χ4n) is 3.49. The molecule has 0 aliphatic carbocycles. The summed E-state index contributed by atoms with van der Waals surface area (Å²) >= 11 is 1.56. The average Bonchev–Trinajstić information content (AvgIpc) is 3.22. The lowest BCUT2D eigenvalue weighted by Crippen LogP contribution is -2.25. The van der Waals surface area contributed by atoms with Crippen LogP contribution in [0.5, 0.6) is 0 Å². The van der Waals surface area contributed by atoms with Crippen molar-refractivity contribution in [3.05, 3.63) is 76.7 Å². The molecule has 0 bridgehead atoms. The maximum absolute atomic E-state index is 12.3. The third-order valence-corrected chi connectivity index (χ3v) is 5.64. The van der Waals surface area contributed by atoms with Gasteiger partial charge in [-0.05, 0) is 36.6 Å². The number of H-pyrrole nitrogens is 1.